The molecule has 1 rings (SSSR count). The Morgan fingerprint density at radius 3 is 1.91 bits per heavy atom. The van der Waals surface area contributed by atoms with Gasteiger partial charge in [-0.25, -0.2) is 4.79 Å². The Labute approximate surface area is 207 Å². The molecule has 0 aromatic carbocycles. The summed E-state index contributed by atoms with van der Waals surface area (Å²) < 4.78 is 37.1. The van der Waals surface area contributed by atoms with Crippen LogP contribution in [0.5, 0.6) is 0 Å². The molecule has 198 valence electrons. The molecular weight excluding hydrogens is 478 g/mol. The van der Waals surface area contributed by atoms with Crippen molar-refractivity contribution in [2.24, 2.45) is 11.7 Å². The summed E-state index contributed by atoms with van der Waals surface area (Å²) in [7, 11) is -4.50. The first kappa shape index (κ1) is 34.1. The first-order chi connectivity index (χ1) is 15.8. The van der Waals surface area contributed by atoms with Gasteiger partial charge in [-0.3, -0.25) is 23.8 Å². The Bertz CT molecular complexity index is 933. The molecule has 1 heterocycles. The molecule has 2 amide bonds. The molecule has 35 heavy (non-hydrogen) atoms. The summed E-state index contributed by atoms with van der Waals surface area (Å²) in [5.74, 6) is -2.35. The predicted molar refractivity (Wildman–Crippen MR) is 133 cm³/mol. The number of nitrogens with two attached hydrogens (primary N) is 1. The summed E-state index contributed by atoms with van der Waals surface area (Å²) in [5.41, 5.74) is 4.07. The van der Waals surface area contributed by atoms with Crippen molar-refractivity contribution in [3.05, 3.63) is 50.2 Å². The molecule has 12 heteroatoms. The van der Waals surface area contributed by atoms with Crippen molar-refractivity contribution in [2.45, 2.75) is 58.1 Å². The first-order valence-corrected chi connectivity index (χ1v) is 12.0. The van der Waals surface area contributed by atoms with Crippen LogP contribution < -0.4 is 11.1 Å². The second-order valence-corrected chi connectivity index (χ2v) is 10.0. The van der Waals surface area contributed by atoms with Crippen molar-refractivity contribution < 1.29 is 36.9 Å². The van der Waals surface area contributed by atoms with Gasteiger partial charge in [0.2, 0.25) is 5.91 Å². The number of ether oxygens (including phenoxy) is 1. The van der Waals surface area contributed by atoms with Crippen molar-refractivity contribution in [1.29, 1.82) is 0 Å². The molecule has 1 saturated heterocycles. The molecular formula is C23H37N3O8S. The van der Waals surface area contributed by atoms with Gasteiger partial charge in [0.25, 0.3) is 16.0 Å². The molecule has 2 atom stereocenters. The van der Waals surface area contributed by atoms with Crippen LogP contribution in [0.3, 0.4) is 0 Å². The number of amides is 2. The van der Waals surface area contributed by atoms with Crippen LogP contribution in [-0.4, -0.2) is 65.0 Å². The van der Waals surface area contributed by atoms with E-state index in [-0.39, 0.29) is 23.7 Å². The van der Waals surface area contributed by atoms with Gasteiger partial charge < -0.3 is 15.8 Å². The quantitative estimate of drug-likeness (QED) is 0.246. The zero-order valence-corrected chi connectivity index (χ0v) is 21.8. The third-order valence-electron chi connectivity index (χ3n) is 4.02. The monoisotopic (exact) mass is 515 g/mol. The minimum absolute atomic E-state index is 0.0632. The summed E-state index contributed by atoms with van der Waals surface area (Å²) in [6, 6.07) is -0.825. The number of Topliss-reactive ketones (excluding diaryl/α,β-unsaturated/α-hetero) is 1. The maximum atomic E-state index is 12.4. The van der Waals surface area contributed by atoms with Gasteiger partial charge >= 0.3 is 5.97 Å². The summed E-state index contributed by atoms with van der Waals surface area (Å²) in [6.45, 7) is 22.3. The van der Waals surface area contributed by atoms with Crippen LogP contribution in [0, 0.1) is 5.92 Å². The van der Waals surface area contributed by atoms with Gasteiger partial charge in [-0.2, -0.15) is 8.42 Å². The van der Waals surface area contributed by atoms with Crippen LogP contribution in [0.2, 0.25) is 0 Å². The van der Waals surface area contributed by atoms with E-state index in [1.807, 2.05) is 20.8 Å². The van der Waals surface area contributed by atoms with E-state index in [1.165, 1.54) is 0 Å². The Morgan fingerprint density at radius 2 is 1.69 bits per heavy atom. The fraction of sp³-hybridized carbons (Fsp3) is 0.478. The normalized spacial score (nSPS) is 15.9. The van der Waals surface area contributed by atoms with Crippen LogP contribution >= 0.6 is 0 Å². The topological polar surface area (TPSA) is 173 Å². The summed E-state index contributed by atoms with van der Waals surface area (Å²) in [4.78, 5) is 44.8. The molecule has 2 unspecified atom stereocenters. The Morgan fingerprint density at radius 1 is 1.20 bits per heavy atom. The molecule has 1 fully saturated rings. The molecule has 0 aromatic heterocycles. The highest BCUT2D eigenvalue weighted by Gasteiger charge is 2.38. The molecule has 1 aliphatic heterocycles. The highest BCUT2D eigenvalue weighted by atomic mass is 32.2. The molecule has 0 bridgehead atoms. The Kier molecular flexibility index (Phi) is 14.6. The predicted octanol–water partition coefficient (Wildman–Crippen LogP) is 1.49. The lowest BCUT2D eigenvalue weighted by Gasteiger charge is -2.30. The third kappa shape index (κ3) is 13.4. The van der Waals surface area contributed by atoms with Crippen LogP contribution in [0.4, 0.5) is 0 Å². The minimum Gasteiger partial charge on any atom is -0.457 e. The lowest BCUT2D eigenvalue weighted by atomic mass is 10.0. The summed E-state index contributed by atoms with van der Waals surface area (Å²) in [5, 5.41) is 1.35. The van der Waals surface area contributed by atoms with Gasteiger partial charge in [0, 0.05) is 30.8 Å². The van der Waals surface area contributed by atoms with E-state index in [4.69, 9.17) is 4.74 Å². The maximum Gasteiger partial charge on any atom is 0.330 e. The number of rotatable bonds is 8. The third-order valence-corrected chi connectivity index (χ3v) is 5.40. The lowest BCUT2D eigenvalue weighted by Crippen LogP contribution is -2.47. The molecule has 0 aromatic rings. The van der Waals surface area contributed by atoms with Gasteiger partial charge in [0.1, 0.15) is 5.60 Å². The van der Waals surface area contributed by atoms with Crippen molar-refractivity contribution in [3.8, 4) is 0 Å². The number of nitrogens with zero attached hydrogens (tertiary/aromatic N) is 1. The van der Waals surface area contributed by atoms with E-state index in [2.05, 4.69) is 37.4 Å². The smallest absolute Gasteiger partial charge is 0.330 e. The van der Waals surface area contributed by atoms with Crippen molar-refractivity contribution in [1.82, 2.24) is 10.2 Å². The zero-order valence-electron chi connectivity index (χ0n) is 20.9. The zero-order chi connectivity index (χ0) is 28.1. The molecule has 0 saturated carbocycles. The van der Waals surface area contributed by atoms with Crippen molar-refractivity contribution in [2.75, 3.05) is 6.54 Å². The maximum absolute atomic E-state index is 12.4. The number of carbonyl (C=O) groups is 4. The molecule has 4 N–H and O–H groups in total. The second kappa shape index (κ2) is 15.0. The van der Waals surface area contributed by atoms with Gasteiger partial charge in [0.15, 0.2) is 11.2 Å². The van der Waals surface area contributed by atoms with Crippen LogP contribution in [0.25, 0.3) is 0 Å². The average Bonchev–Trinajstić information content (AvgIpc) is 3.14. The van der Waals surface area contributed by atoms with E-state index in [0.717, 1.165) is 23.3 Å². The number of esters is 1. The van der Waals surface area contributed by atoms with Crippen LogP contribution in [0.1, 0.15) is 41.0 Å². The summed E-state index contributed by atoms with van der Waals surface area (Å²) >= 11 is 0. The van der Waals surface area contributed by atoms with E-state index < -0.39 is 44.9 Å². The average molecular weight is 516 g/mol. The fourth-order valence-electron chi connectivity index (χ4n) is 2.66. The highest BCUT2D eigenvalue weighted by molar-refractivity contribution is 7.86. The number of ketones is 1. The van der Waals surface area contributed by atoms with Gasteiger partial charge in [0.05, 0.1) is 6.04 Å². The van der Waals surface area contributed by atoms with Gasteiger partial charge in [-0.15, -0.1) is 0 Å². The summed E-state index contributed by atoms with van der Waals surface area (Å²) in [6.07, 6.45) is 3.52. The van der Waals surface area contributed by atoms with E-state index >= 15 is 0 Å². The fourth-order valence-corrected chi connectivity index (χ4v) is 3.82. The molecule has 0 radical (unpaired) electrons. The number of carbonyl (C=O) groups excluding carboxylic acids is 4. The molecule has 1 aliphatic rings. The van der Waals surface area contributed by atoms with Crippen LogP contribution in [-0.2, 0) is 34.0 Å². The SMILES string of the molecule is C=CC(=O)OC(C)(C)C.C=CC(N)=O.C=CN(C(=O)C(=C)C1NCCC1=O)C(C(C)C)S(=O)(=O)O. The van der Waals surface area contributed by atoms with Crippen molar-refractivity contribution in [3.63, 3.8) is 0 Å². The van der Waals surface area contributed by atoms with E-state index in [1.54, 1.807) is 13.8 Å². The van der Waals surface area contributed by atoms with Gasteiger partial charge in [-0.05, 0) is 32.8 Å². The number of hydrogen-bond acceptors (Lipinski definition) is 8. The number of hydrogen-bond donors (Lipinski definition) is 3. The van der Waals surface area contributed by atoms with E-state index in [9.17, 15) is 32.1 Å². The van der Waals surface area contributed by atoms with Crippen LogP contribution in [0.15, 0.2) is 50.2 Å². The number of primary amides is 1. The second-order valence-electron chi connectivity index (χ2n) is 8.52. The largest absolute Gasteiger partial charge is 0.457 e. The highest BCUT2D eigenvalue weighted by Crippen LogP contribution is 2.21. The standard InChI is InChI=1S/C13H20N2O5S.C7H12O2.C3H5NO/c1-5-15(13(8(2)3)21(18,19)20)12(17)9(4)11-10(16)6-7-14-11;1-5-6(8)9-7(2,3)4;1-2-3(4)5/h5,8,11,13-14H,1,4,6-7H2,2-3H3,(H,18,19,20);5H,1H2,2-4H3;2H,1H2,(H2,4,5). The Balaban J connectivity index is 0. The lowest BCUT2D eigenvalue weighted by molar-refractivity contribution is -0.148. The van der Waals surface area contributed by atoms with Gasteiger partial charge in [-0.1, -0.05) is 40.2 Å². The first-order valence-electron chi connectivity index (χ1n) is 10.5. The number of nitrogens with one attached hydrogen (secondary N) is 1. The molecule has 0 spiro atoms. The Hall–Kier alpha value is -3.09. The van der Waals surface area contributed by atoms with E-state index in [0.29, 0.717) is 6.54 Å². The molecule has 0 aliphatic carbocycles. The minimum atomic E-state index is -4.50. The van der Waals surface area contributed by atoms with Crippen molar-refractivity contribution >= 4 is 33.7 Å². The molecule has 11 nitrogen and oxygen atoms in total.